The van der Waals surface area contributed by atoms with Gasteiger partial charge in [0.1, 0.15) is 5.75 Å². The first-order valence-electron chi connectivity index (χ1n) is 7.72. The molecule has 0 saturated heterocycles. The van der Waals surface area contributed by atoms with E-state index in [1.165, 1.54) is 0 Å². The van der Waals surface area contributed by atoms with E-state index in [-0.39, 0.29) is 5.91 Å². The molecule has 23 heavy (non-hydrogen) atoms. The van der Waals surface area contributed by atoms with Gasteiger partial charge < -0.3 is 10.1 Å². The Morgan fingerprint density at radius 2 is 1.87 bits per heavy atom. The van der Waals surface area contributed by atoms with Crippen LogP contribution >= 0.6 is 11.6 Å². The molecule has 0 saturated carbocycles. The van der Waals surface area contributed by atoms with Gasteiger partial charge in [0.15, 0.2) is 0 Å². The second-order valence-corrected chi connectivity index (χ2v) is 6.39. The van der Waals surface area contributed by atoms with Gasteiger partial charge in [-0.2, -0.15) is 0 Å². The molecule has 0 atom stereocenters. The van der Waals surface area contributed by atoms with E-state index in [9.17, 15) is 4.79 Å². The molecule has 0 aromatic heterocycles. The highest BCUT2D eigenvalue weighted by atomic mass is 35.5. The smallest absolute Gasteiger partial charge is 0.220 e. The average molecular weight is 332 g/mol. The fraction of sp³-hybridized carbons (Fsp3) is 0.316. The standard InChI is InChI=1S/C19H22ClNO2/c1-19(2,15-8-6-9-16(20)14-15)21-18(22)12-7-13-23-17-10-4-3-5-11-17/h3-6,8-11,14H,7,12-13H2,1-2H3,(H,21,22). The van der Waals surface area contributed by atoms with E-state index in [1.807, 2.05) is 68.4 Å². The first kappa shape index (κ1) is 17.4. The third-order valence-electron chi connectivity index (χ3n) is 3.56. The molecule has 0 fully saturated rings. The average Bonchev–Trinajstić information content (AvgIpc) is 2.52. The minimum atomic E-state index is -0.456. The Kier molecular flexibility index (Phi) is 6.05. The molecule has 0 radical (unpaired) electrons. The Bertz CT molecular complexity index is 641. The van der Waals surface area contributed by atoms with Crippen LogP contribution in [-0.4, -0.2) is 12.5 Å². The first-order valence-corrected chi connectivity index (χ1v) is 8.10. The SMILES string of the molecule is CC(C)(NC(=O)CCCOc1ccccc1)c1cccc(Cl)c1. The van der Waals surface area contributed by atoms with E-state index in [2.05, 4.69) is 5.32 Å². The van der Waals surface area contributed by atoms with Crippen molar-refractivity contribution in [1.29, 1.82) is 0 Å². The maximum absolute atomic E-state index is 12.1. The fourth-order valence-electron chi connectivity index (χ4n) is 2.30. The molecule has 0 aliphatic carbocycles. The number of halogens is 1. The lowest BCUT2D eigenvalue weighted by Gasteiger charge is -2.27. The van der Waals surface area contributed by atoms with E-state index < -0.39 is 5.54 Å². The summed E-state index contributed by atoms with van der Waals surface area (Å²) in [6.45, 7) is 4.46. The van der Waals surface area contributed by atoms with Gasteiger partial charge in [-0.15, -0.1) is 0 Å². The van der Waals surface area contributed by atoms with Crippen molar-refractivity contribution in [1.82, 2.24) is 5.32 Å². The number of rotatable bonds is 7. The van der Waals surface area contributed by atoms with E-state index >= 15 is 0 Å². The van der Waals surface area contributed by atoms with Crippen LogP contribution in [0.2, 0.25) is 5.02 Å². The lowest BCUT2D eigenvalue weighted by atomic mass is 9.94. The van der Waals surface area contributed by atoms with Crippen LogP contribution in [0.25, 0.3) is 0 Å². The van der Waals surface area contributed by atoms with Crippen molar-refractivity contribution in [2.45, 2.75) is 32.2 Å². The molecular weight excluding hydrogens is 310 g/mol. The van der Waals surface area contributed by atoms with Crippen molar-refractivity contribution in [2.75, 3.05) is 6.61 Å². The van der Waals surface area contributed by atoms with Gasteiger partial charge in [0.05, 0.1) is 12.1 Å². The highest BCUT2D eigenvalue weighted by molar-refractivity contribution is 6.30. The number of para-hydroxylation sites is 1. The number of benzene rings is 2. The molecule has 0 bridgehead atoms. The number of amides is 1. The van der Waals surface area contributed by atoms with E-state index in [1.54, 1.807) is 0 Å². The number of hydrogen-bond acceptors (Lipinski definition) is 2. The largest absolute Gasteiger partial charge is 0.494 e. The van der Waals surface area contributed by atoms with Gasteiger partial charge in [-0.25, -0.2) is 0 Å². The predicted molar refractivity (Wildman–Crippen MR) is 93.8 cm³/mol. The number of carbonyl (C=O) groups is 1. The second-order valence-electron chi connectivity index (χ2n) is 5.95. The minimum Gasteiger partial charge on any atom is -0.494 e. The number of hydrogen-bond donors (Lipinski definition) is 1. The molecule has 3 nitrogen and oxygen atoms in total. The van der Waals surface area contributed by atoms with Crippen LogP contribution in [0.1, 0.15) is 32.3 Å². The predicted octanol–water partition coefficient (Wildman–Crippen LogP) is 4.55. The molecule has 0 unspecified atom stereocenters. The molecule has 0 aliphatic heterocycles. The zero-order chi connectivity index (χ0) is 16.7. The van der Waals surface area contributed by atoms with Gasteiger partial charge in [0.25, 0.3) is 0 Å². The van der Waals surface area contributed by atoms with Crippen molar-refractivity contribution >= 4 is 17.5 Å². The van der Waals surface area contributed by atoms with Crippen molar-refractivity contribution in [3.8, 4) is 5.75 Å². The van der Waals surface area contributed by atoms with Gasteiger partial charge in [0.2, 0.25) is 5.91 Å². The molecule has 2 aromatic rings. The molecule has 2 aromatic carbocycles. The number of ether oxygens (including phenoxy) is 1. The highest BCUT2D eigenvalue weighted by Gasteiger charge is 2.22. The Morgan fingerprint density at radius 1 is 1.13 bits per heavy atom. The maximum Gasteiger partial charge on any atom is 0.220 e. The quantitative estimate of drug-likeness (QED) is 0.756. The van der Waals surface area contributed by atoms with Crippen LogP contribution in [0, 0.1) is 0 Å². The third-order valence-corrected chi connectivity index (χ3v) is 3.79. The van der Waals surface area contributed by atoms with E-state index in [4.69, 9.17) is 16.3 Å². The minimum absolute atomic E-state index is 0.00615. The van der Waals surface area contributed by atoms with Gasteiger partial charge in [-0.3, -0.25) is 4.79 Å². The highest BCUT2D eigenvalue weighted by Crippen LogP contribution is 2.23. The number of carbonyl (C=O) groups excluding carboxylic acids is 1. The van der Waals surface area contributed by atoms with E-state index in [0.717, 1.165) is 11.3 Å². The first-order chi connectivity index (χ1) is 11.0. The van der Waals surface area contributed by atoms with E-state index in [0.29, 0.717) is 24.5 Å². The third kappa shape index (κ3) is 5.61. The van der Waals surface area contributed by atoms with Crippen molar-refractivity contribution in [3.63, 3.8) is 0 Å². The molecule has 2 rings (SSSR count). The van der Waals surface area contributed by atoms with Crippen molar-refractivity contribution in [2.24, 2.45) is 0 Å². The van der Waals surface area contributed by atoms with Gasteiger partial charge in [-0.1, -0.05) is 41.9 Å². The fourth-order valence-corrected chi connectivity index (χ4v) is 2.49. The van der Waals surface area contributed by atoms with Crippen LogP contribution in [0.3, 0.4) is 0 Å². The summed E-state index contributed by atoms with van der Waals surface area (Å²) in [4.78, 5) is 12.1. The summed E-state index contributed by atoms with van der Waals surface area (Å²) in [7, 11) is 0. The molecule has 1 amide bonds. The summed E-state index contributed by atoms with van der Waals surface area (Å²) < 4.78 is 5.59. The molecule has 122 valence electrons. The Morgan fingerprint density at radius 3 is 2.57 bits per heavy atom. The summed E-state index contributed by atoms with van der Waals surface area (Å²) in [6.07, 6.45) is 1.10. The topological polar surface area (TPSA) is 38.3 Å². The zero-order valence-electron chi connectivity index (χ0n) is 13.5. The van der Waals surface area contributed by atoms with Crippen LogP contribution in [-0.2, 0) is 10.3 Å². The number of nitrogens with one attached hydrogen (secondary N) is 1. The van der Waals surface area contributed by atoms with Gasteiger partial charge in [0, 0.05) is 11.4 Å². The van der Waals surface area contributed by atoms with Gasteiger partial charge >= 0.3 is 0 Å². The van der Waals surface area contributed by atoms with Crippen LogP contribution in [0.15, 0.2) is 54.6 Å². The molecule has 4 heteroatoms. The van der Waals surface area contributed by atoms with Crippen LogP contribution < -0.4 is 10.1 Å². The second kappa shape index (κ2) is 8.02. The van der Waals surface area contributed by atoms with Crippen molar-refractivity contribution in [3.05, 3.63) is 65.2 Å². The lowest BCUT2D eigenvalue weighted by molar-refractivity contribution is -0.123. The Balaban J connectivity index is 1.77. The lowest BCUT2D eigenvalue weighted by Crippen LogP contribution is -2.41. The molecule has 0 heterocycles. The zero-order valence-corrected chi connectivity index (χ0v) is 14.3. The normalized spacial score (nSPS) is 11.1. The summed E-state index contributed by atoms with van der Waals surface area (Å²) in [5.74, 6) is 0.832. The Labute approximate surface area is 142 Å². The van der Waals surface area contributed by atoms with Crippen molar-refractivity contribution < 1.29 is 9.53 Å². The summed E-state index contributed by atoms with van der Waals surface area (Å²) in [6, 6.07) is 17.2. The molecule has 1 N–H and O–H groups in total. The maximum atomic E-state index is 12.1. The molecule has 0 aliphatic rings. The summed E-state index contributed by atoms with van der Waals surface area (Å²) >= 11 is 6.02. The molecule has 0 spiro atoms. The van der Waals surface area contributed by atoms with Gasteiger partial charge in [-0.05, 0) is 50.1 Å². The summed E-state index contributed by atoms with van der Waals surface area (Å²) in [5, 5.41) is 3.71. The Hall–Kier alpha value is -2.00. The molecular formula is C19H22ClNO2. The monoisotopic (exact) mass is 331 g/mol. The summed E-state index contributed by atoms with van der Waals surface area (Å²) in [5.41, 5.74) is 0.529. The van der Waals surface area contributed by atoms with Crippen LogP contribution in [0.4, 0.5) is 0 Å². The van der Waals surface area contributed by atoms with Crippen LogP contribution in [0.5, 0.6) is 5.75 Å².